The maximum absolute atomic E-state index is 11.9. The van der Waals surface area contributed by atoms with Crippen molar-refractivity contribution in [1.29, 1.82) is 0 Å². The molecule has 0 atom stereocenters. The molecule has 1 amide bonds. The normalized spacial score (nSPS) is 10.5. The van der Waals surface area contributed by atoms with Crippen LogP contribution in [0.25, 0.3) is 0 Å². The van der Waals surface area contributed by atoms with Crippen molar-refractivity contribution < 1.29 is 18.3 Å². The molecule has 0 aliphatic heterocycles. The lowest BCUT2D eigenvalue weighted by atomic mass is 10.2. The van der Waals surface area contributed by atoms with Crippen LogP contribution < -0.4 is 15.4 Å². The highest BCUT2D eigenvalue weighted by atomic mass is 19.3. The second-order valence-corrected chi connectivity index (χ2v) is 3.90. The number of carbonyl (C=O) groups excluding carboxylic acids is 1. The van der Waals surface area contributed by atoms with Gasteiger partial charge in [0.1, 0.15) is 5.75 Å². The van der Waals surface area contributed by atoms with Crippen molar-refractivity contribution in [3.63, 3.8) is 0 Å². The van der Waals surface area contributed by atoms with E-state index in [1.807, 2.05) is 6.92 Å². The van der Waals surface area contributed by atoms with E-state index in [0.29, 0.717) is 19.5 Å². The number of nitrogens with one attached hydrogen (secondary N) is 2. The van der Waals surface area contributed by atoms with Crippen molar-refractivity contribution in [2.24, 2.45) is 0 Å². The van der Waals surface area contributed by atoms with Crippen LogP contribution in [0.2, 0.25) is 0 Å². The standard InChI is InChI=1S/C13H18F2N2O2/c1-2-16-8-7-12(18)17-9-10-3-5-11(6-4-10)19-13(14)15/h3-6,13,16H,2,7-9H2,1H3,(H,17,18). The Kier molecular flexibility index (Phi) is 6.81. The Morgan fingerprint density at radius 1 is 1.32 bits per heavy atom. The highest BCUT2D eigenvalue weighted by molar-refractivity contribution is 5.76. The molecule has 4 nitrogen and oxygen atoms in total. The third-order valence-corrected chi connectivity index (χ3v) is 2.42. The van der Waals surface area contributed by atoms with E-state index in [4.69, 9.17) is 0 Å². The summed E-state index contributed by atoms with van der Waals surface area (Å²) in [5, 5.41) is 5.80. The van der Waals surface area contributed by atoms with E-state index in [-0.39, 0.29) is 11.7 Å². The minimum Gasteiger partial charge on any atom is -0.435 e. The van der Waals surface area contributed by atoms with Gasteiger partial charge in [0.05, 0.1) is 0 Å². The summed E-state index contributed by atoms with van der Waals surface area (Å²) >= 11 is 0. The van der Waals surface area contributed by atoms with Gasteiger partial charge < -0.3 is 15.4 Å². The first-order valence-corrected chi connectivity index (χ1v) is 6.13. The average Bonchev–Trinajstić information content (AvgIpc) is 2.37. The minimum atomic E-state index is -2.82. The van der Waals surface area contributed by atoms with Gasteiger partial charge in [0.15, 0.2) is 0 Å². The first-order chi connectivity index (χ1) is 9.11. The monoisotopic (exact) mass is 272 g/mol. The number of ether oxygens (including phenoxy) is 1. The summed E-state index contributed by atoms with van der Waals surface area (Å²) in [6.45, 7) is 1.00. The van der Waals surface area contributed by atoms with Crippen LogP contribution in [0.1, 0.15) is 18.9 Å². The van der Waals surface area contributed by atoms with Crippen LogP contribution in [0.4, 0.5) is 8.78 Å². The van der Waals surface area contributed by atoms with E-state index in [2.05, 4.69) is 15.4 Å². The molecule has 0 aromatic heterocycles. The fraction of sp³-hybridized carbons (Fsp3) is 0.462. The zero-order valence-corrected chi connectivity index (χ0v) is 10.8. The van der Waals surface area contributed by atoms with Gasteiger partial charge >= 0.3 is 6.61 Å². The molecular weight excluding hydrogens is 254 g/mol. The fourth-order valence-electron chi connectivity index (χ4n) is 1.46. The molecule has 0 bridgehead atoms. The lowest BCUT2D eigenvalue weighted by molar-refractivity contribution is -0.121. The lowest BCUT2D eigenvalue weighted by Gasteiger charge is -2.07. The number of alkyl halides is 2. The van der Waals surface area contributed by atoms with Gasteiger partial charge in [-0.1, -0.05) is 19.1 Å². The predicted octanol–water partition coefficient (Wildman–Crippen LogP) is 1.90. The Balaban J connectivity index is 2.31. The Bertz CT molecular complexity index is 383. The smallest absolute Gasteiger partial charge is 0.387 e. The molecule has 0 aliphatic rings. The van der Waals surface area contributed by atoms with E-state index >= 15 is 0 Å². The summed E-state index contributed by atoms with van der Waals surface area (Å²) in [4.78, 5) is 11.4. The van der Waals surface area contributed by atoms with Crippen molar-refractivity contribution in [2.75, 3.05) is 13.1 Å². The molecule has 106 valence electrons. The summed E-state index contributed by atoms with van der Waals surface area (Å²) in [6, 6.07) is 6.18. The molecular formula is C13H18F2N2O2. The molecule has 1 rings (SSSR count). The summed E-state index contributed by atoms with van der Waals surface area (Å²) < 4.78 is 28.1. The Hall–Kier alpha value is -1.69. The second kappa shape index (κ2) is 8.42. The van der Waals surface area contributed by atoms with E-state index < -0.39 is 6.61 Å². The number of hydrogen-bond donors (Lipinski definition) is 2. The Morgan fingerprint density at radius 3 is 2.58 bits per heavy atom. The summed E-state index contributed by atoms with van der Waals surface area (Å²) in [6.07, 6.45) is 0.417. The van der Waals surface area contributed by atoms with E-state index in [1.54, 1.807) is 12.1 Å². The number of carbonyl (C=O) groups is 1. The number of hydrogen-bond acceptors (Lipinski definition) is 3. The number of halogens is 2. The van der Waals surface area contributed by atoms with Crippen LogP contribution in [0.5, 0.6) is 5.75 Å². The Morgan fingerprint density at radius 2 is 2.00 bits per heavy atom. The first kappa shape index (κ1) is 15.4. The summed E-state index contributed by atoms with van der Waals surface area (Å²) in [5.41, 5.74) is 0.832. The third kappa shape index (κ3) is 6.71. The average molecular weight is 272 g/mol. The fourth-order valence-corrected chi connectivity index (χ4v) is 1.46. The maximum atomic E-state index is 11.9. The molecule has 0 fully saturated rings. The maximum Gasteiger partial charge on any atom is 0.387 e. The van der Waals surface area contributed by atoms with Crippen LogP contribution in [0, 0.1) is 0 Å². The van der Waals surface area contributed by atoms with Gasteiger partial charge in [0.2, 0.25) is 5.91 Å². The van der Waals surface area contributed by atoms with Crippen LogP contribution in [0.3, 0.4) is 0 Å². The zero-order valence-electron chi connectivity index (χ0n) is 10.8. The molecule has 0 radical (unpaired) electrons. The molecule has 0 aliphatic carbocycles. The lowest BCUT2D eigenvalue weighted by Crippen LogP contribution is -2.27. The quantitative estimate of drug-likeness (QED) is 0.711. The predicted molar refractivity (Wildman–Crippen MR) is 68.1 cm³/mol. The molecule has 0 heterocycles. The molecule has 2 N–H and O–H groups in total. The molecule has 0 saturated heterocycles. The van der Waals surface area contributed by atoms with Gasteiger partial charge in [0.25, 0.3) is 0 Å². The van der Waals surface area contributed by atoms with Gasteiger partial charge in [-0.2, -0.15) is 8.78 Å². The van der Waals surface area contributed by atoms with Crippen LogP contribution in [-0.2, 0) is 11.3 Å². The molecule has 0 spiro atoms. The Labute approximate surface area is 111 Å². The topological polar surface area (TPSA) is 50.4 Å². The van der Waals surface area contributed by atoms with Gasteiger partial charge in [-0.3, -0.25) is 4.79 Å². The molecule has 19 heavy (non-hydrogen) atoms. The van der Waals surface area contributed by atoms with Crippen molar-refractivity contribution in [2.45, 2.75) is 26.5 Å². The molecule has 0 unspecified atom stereocenters. The largest absolute Gasteiger partial charge is 0.435 e. The summed E-state index contributed by atoms with van der Waals surface area (Å²) in [5.74, 6) is 0.0612. The van der Waals surface area contributed by atoms with E-state index in [0.717, 1.165) is 12.1 Å². The number of amides is 1. The first-order valence-electron chi connectivity index (χ1n) is 6.13. The highest BCUT2D eigenvalue weighted by Gasteiger charge is 2.04. The second-order valence-electron chi connectivity index (χ2n) is 3.90. The van der Waals surface area contributed by atoms with Crippen LogP contribution in [0.15, 0.2) is 24.3 Å². The highest BCUT2D eigenvalue weighted by Crippen LogP contribution is 2.14. The minimum absolute atomic E-state index is 0.0474. The van der Waals surface area contributed by atoms with Crippen molar-refractivity contribution >= 4 is 5.91 Å². The SMILES string of the molecule is CCNCCC(=O)NCc1ccc(OC(F)F)cc1. The van der Waals surface area contributed by atoms with Crippen molar-refractivity contribution in [3.8, 4) is 5.75 Å². The molecule has 6 heteroatoms. The van der Waals surface area contributed by atoms with Crippen LogP contribution >= 0.6 is 0 Å². The van der Waals surface area contributed by atoms with Crippen LogP contribution in [-0.4, -0.2) is 25.6 Å². The van der Waals surface area contributed by atoms with Gasteiger partial charge in [-0.25, -0.2) is 0 Å². The zero-order chi connectivity index (χ0) is 14.1. The summed E-state index contributed by atoms with van der Waals surface area (Å²) in [7, 11) is 0. The third-order valence-electron chi connectivity index (χ3n) is 2.42. The van der Waals surface area contributed by atoms with Gasteiger partial charge in [-0.15, -0.1) is 0 Å². The van der Waals surface area contributed by atoms with Crippen molar-refractivity contribution in [1.82, 2.24) is 10.6 Å². The molecule has 1 aromatic carbocycles. The molecule has 1 aromatic rings. The molecule has 0 saturated carbocycles. The van der Waals surface area contributed by atoms with Gasteiger partial charge in [-0.05, 0) is 24.2 Å². The van der Waals surface area contributed by atoms with Crippen molar-refractivity contribution in [3.05, 3.63) is 29.8 Å². The van der Waals surface area contributed by atoms with E-state index in [1.165, 1.54) is 12.1 Å². The van der Waals surface area contributed by atoms with E-state index in [9.17, 15) is 13.6 Å². The number of benzene rings is 1. The van der Waals surface area contributed by atoms with Gasteiger partial charge in [0, 0.05) is 19.5 Å². The number of rotatable bonds is 8.